The van der Waals surface area contributed by atoms with E-state index >= 15 is 0 Å². The zero-order chi connectivity index (χ0) is 11.5. The van der Waals surface area contributed by atoms with Gasteiger partial charge in [-0.15, -0.1) is 0 Å². The summed E-state index contributed by atoms with van der Waals surface area (Å²) >= 11 is 0. The van der Waals surface area contributed by atoms with Crippen molar-refractivity contribution in [3.63, 3.8) is 0 Å². The number of hydrogen-bond donors (Lipinski definition) is 0. The number of halogens is 1. The predicted molar refractivity (Wildman–Crippen MR) is 59.0 cm³/mol. The maximum absolute atomic E-state index is 13.2. The van der Waals surface area contributed by atoms with Gasteiger partial charge in [0.15, 0.2) is 0 Å². The summed E-state index contributed by atoms with van der Waals surface area (Å²) in [6, 6.07) is 3.61. The molecule has 0 saturated carbocycles. The third-order valence-electron chi connectivity index (χ3n) is 1.93. The molecule has 0 spiro atoms. The van der Waals surface area contributed by atoms with E-state index in [2.05, 4.69) is 18.8 Å². The third-order valence-corrected chi connectivity index (χ3v) is 1.93. The monoisotopic (exact) mass is 211 g/mol. The SMILES string of the molecule is CC(C)c1cc(OCC(C)(C)F)ccn1. The van der Waals surface area contributed by atoms with Crippen LogP contribution in [0.1, 0.15) is 39.3 Å². The maximum Gasteiger partial charge on any atom is 0.139 e. The number of alkyl halides is 1. The molecule has 15 heavy (non-hydrogen) atoms. The first-order valence-electron chi connectivity index (χ1n) is 5.16. The van der Waals surface area contributed by atoms with Gasteiger partial charge in [-0.05, 0) is 25.8 Å². The summed E-state index contributed by atoms with van der Waals surface area (Å²) < 4.78 is 18.5. The van der Waals surface area contributed by atoms with Crippen molar-refractivity contribution in [2.24, 2.45) is 0 Å². The zero-order valence-electron chi connectivity index (χ0n) is 9.75. The second-order valence-electron chi connectivity index (χ2n) is 4.58. The summed E-state index contributed by atoms with van der Waals surface area (Å²) in [4.78, 5) is 4.21. The van der Waals surface area contributed by atoms with E-state index in [4.69, 9.17) is 4.74 Å². The Hall–Kier alpha value is -1.12. The molecule has 0 bridgehead atoms. The number of hydrogen-bond acceptors (Lipinski definition) is 2. The van der Waals surface area contributed by atoms with Crippen LogP contribution in [-0.2, 0) is 0 Å². The van der Waals surface area contributed by atoms with Gasteiger partial charge in [-0.3, -0.25) is 4.98 Å². The van der Waals surface area contributed by atoms with Crippen LogP contribution < -0.4 is 4.74 Å². The average Bonchev–Trinajstić information content (AvgIpc) is 2.14. The number of aromatic nitrogens is 1. The van der Waals surface area contributed by atoms with E-state index in [1.807, 2.05) is 6.07 Å². The summed E-state index contributed by atoms with van der Waals surface area (Å²) in [7, 11) is 0. The van der Waals surface area contributed by atoms with Crippen molar-refractivity contribution in [3.8, 4) is 5.75 Å². The molecule has 0 radical (unpaired) electrons. The standard InChI is InChI=1S/C12H18FNO/c1-9(2)11-7-10(5-6-14-11)15-8-12(3,4)13/h5-7,9H,8H2,1-4H3. The van der Waals surface area contributed by atoms with Crippen molar-refractivity contribution in [3.05, 3.63) is 24.0 Å². The molecule has 84 valence electrons. The van der Waals surface area contributed by atoms with E-state index in [0.29, 0.717) is 11.7 Å². The van der Waals surface area contributed by atoms with Gasteiger partial charge in [-0.25, -0.2) is 4.39 Å². The molecule has 3 heteroatoms. The molecule has 0 aliphatic rings. The number of rotatable bonds is 4. The highest BCUT2D eigenvalue weighted by Crippen LogP contribution is 2.19. The number of pyridine rings is 1. The summed E-state index contributed by atoms with van der Waals surface area (Å²) in [5, 5.41) is 0. The van der Waals surface area contributed by atoms with Crippen LogP contribution in [0.3, 0.4) is 0 Å². The van der Waals surface area contributed by atoms with Crippen LogP contribution in [0, 0.1) is 0 Å². The van der Waals surface area contributed by atoms with Gasteiger partial charge >= 0.3 is 0 Å². The molecule has 1 heterocycles. The summed E-state index contributed by atoms with van der Waals surface area (Å²) in [6.45, 7) is 7.18. The largest absolute Gasteiger partial charge is 0.490 e. The first kappa shape index (κ1) is 12.0. The molecule has 0 atom stereocenters. The molecule has 0 N–H and O–H groups in total. The van der Waals surface area contributed by atoms with Crippen LogP contribution >= 0.6 is 0 Å². The zero-order valence-corrected chi connectivity index (χ0v) is 9.75. The quantitative estimate of drug-likeness (QED) is 0.762. The molecular formula is C12H18FNO. The Morgan fingerprint density at radius 3 is 2.67 bits per heavy atom. The van der Waals surface area contributed by atoms with Crippen LogP contribution in [0.25, 0.3) is 0 Å². The second-order valence-corrected chi connectivity index (χ2v) is 4.58. The van der Waals surface area contributed by atoms with Gasteiger partial charge in [0.25, 0.3) is 0 Å². The predicted octanol–water partition coefficient (Wildman–Crippen LogP) is 3.33. The van der Waals surface area contributed by atoms with E-state index in [1.54, 1.807) is 12.3 Å². The smallest absolute Gasteiger partial charge is 0.139 e. The van der Waals surface area contributed by atoms with Crippen molar-refractivity contribution in [1.29, 1.82) is 0 Å². The Morgan fingerprint density at radius 2 is 2.13 bits per heavy atom. The lowest BCUT2D eigenvalue weighted by molar-refractivity contribution is 0.120. The lowest BCUT2D eigenvalue weighted by Gasteiger charge is -2.15. The Balaban J connectivity index is 2.66. The van der Waals surface area contributed by atoms with Crippen molar-refractivity contribution in [2.45, 2.75) is 39.3 Å². The van der Waals surface area contributed by atoms with Gasteiger partial charge in [-0.1, -0.05) is 13.8 Å². The fourth-order valence-corrected chi connectivity index (χ4v) is 1.09. The molecular weight excluding hydrogens is 193 g/mol. The van der Waals surface area contributed by atoms with E-state index in [1.165, 1.54) is 13.8 Å². The molecule has 0 fully saturated rings. The first-order valence-corrected chi connectivity index (χ1v) is 5.16. The van der Waals surface area contributed by atoms with Crippen LogP contribution in [0.4, 0.5) is 4.39 Å². The Labute approximate surface area is 90.5 Å². The fourth-order valence-electron chi connectivity index (χ4n) is 1.09. The highest BCUT2D eigenvalue weighted by Gasteiger charge is 2.16. The summed E-state index contributed by atoms with van der Waals surface area (Å²) in [5.41, 5.74) is -0.342. The van der Waals surface area contributed by atoms with E-state index < -0.39 is 5.67 Å². The van der Waals surface area contributed by atoms with Gasteiger partial charge in [-0.2, -0.15) is 0 Å². The molecule has 1 aromatic heterocycles. The minimum Gasteiger partial charge on any atom is -0.490 e. The minimum atomic E-state index is -1.30. The van der Waals surface area contributed by atoms with Crippen LogP contribution in [0.5, 0.6) is 5.75 Å². The second kappa shape index (κ2) is 4.60. The molecule has 0 unspecified atom stereocenters. The van der Waals surface area contributed by atoms with Crippen molar-refractivity contribution >= 4 is 0 Å². The topological polar surface area (TPSA) is 22.1 Å². The Morgan fingerprint density at radius 1 is 1.47 bits per heavy atom. The van der Waals surface area contributed by atoms with Gasteiger partial charge < -0.3 is 4.74 Å². The molecule has 1 rings (SSSR count). The summed E-state index contributed by atoms with van der Waals surface area (Å²) in [6.07, 6.45) is 1.69. The highest BCUT2D eigenvalue weighted by molar-refractivity contribution is 5.24. The van der Waals surface area contributed by atoms with Gasteiger partial charge in [0, 0.05) is 18.0 Å². The third kappa shape index (κ3) is 4.28. The Kier molecular flexibility index (Phi) is 3.66. The van der Waals surface area contributed by atoms with Crippen LogP contribution in [0.2, 0.25) is 0 Å². The fraction of sp³-hybridized carbons (Fsp3) is 0.583. The lowest BCUT2D eigenvalue weighted by atomic mass is 10.1. The van der Waals surface area contributed by atoms with Gasteiger partial charge in [0.1, 0.15) is 18.0 Å². The summed E-state index contributed by atoms with van der Waals surface area (Å²) in [5.74, 6) is 1.03. The molecule has 0 aliphatic carbocycles. The molecule has 1 aromatic rings. The molecule has 0 amide bonds. The van der Waals surface area contributed by atoms with Crippen molar-refractivity contribution in [2.75, 3.05) is 6.61 Å². The maximum atomic E-state index is 13.2. The van der Waals surface area contributed by atoms with Crippen LogP contribution in [0.15, 0.2) is 18.3 Å². The molecule has 0 saturated heterocycles. The number of nitrogens with zero attached hydrogens (tertiary/aromatic N) is 1. The van der Waals surface area contributed by atoms with E-state index in [0.717, 1.165) is 5.69 Å². The van der Waals surface area contributed by atoms with E-state index in [9.17, 15) is 4.39 Å². The van der Waals surface area contributed by atoms with Gasteiger partial charge in [0.2, 0.25) is 0 Å². The molecule has 2 nitrogen and oxygen atoms in total. The Bertz CT molecular complexity index is 318. The minimum absolute atomic E-state index is 0.0640. The van der Waals surface area contributed by atoms with Crippen LogP contribution in [-0.4, -0.2) is 17.3 Å². The van der Waals surface area contributed by atoms with Gasteiger partial charge in [0.05, 0.1) is 0 Å². The highest BCUT2D eigenvalue weighted by atomic mass is 19.1. The lowest BCUT2D eigenvalue weighted by Crippen LogP contribution is -2.22. The van der Waals surface area contributed by atoms with Crippen molar-refractivity contribution < 1.29 is 9.13 Å². The number of ether oxygens (including phenoxy) is 1. The first-order chi connectivity index (χ1) is 6.88. The molecule has 0 aromatic carbocycles. The molecule has 0 aliphatic heterocycles. The van der Waals surface area contributed by atoms with E-state index in [-0.39, 0.29) is 6.61 Å². The normalized spacial score (nSPS) is 11.9. The van der Waals surface area contributed by atoms with Crippen molar-refractivity contribution in [1.82, 2.24) is 4.98 Å². The average molecular weight is 211 g/mol.